The van der Waals surface area contributed by atoms with Crippen LogP contribution in [0.5, 0.6) is 5.75 Å². The minimum Gasteiger partial charge on any atom is -0.496 e. The van der Waals surface area contributed by atoms with Crippen molar-refractivity contribution in [2.45, 2.75) is 30.7 Å². The van der Waals surface area contributed by atoms with Gasteiger partial charge in [0, 0.05) is 24.1 Å². The van der Waals surface area contributed by atoms with Gasteiger partial charge in [-0.3, -0.25) is 0 Å². The van der Waals surface area contributed by atoms with Crippen LogP contribution in [0.4, 0.5) is 0 Å². The molecule has 0 unspecified atom stereocenters. The average Bonchev–Trinajstić information content (AvgIpc) is 2.54. The van der Waals surface area contributed by atoms with Crippen molar-refractivity contribution in [3.63, 3.8) is 0 Å². The average molecular weight is 302 g/mol. The van der Waals surface area contributed by atoms with E-state index in [2.05, 4.69) is 35.4 Å². The molecule has 0 radical (unpaired) electrons. The summed E-state index contributed by atoms with van der Waals surface area (Å²) in [4.78, 5) is 4.34. The summed E-state index contributed by atoms with van der Waals surface area (Å²) in [5.74, 6) is 1.81. The molecule has 1 heterocycles. The Kier molecular flexibility index (Phi) is 6.57. The molecule has 0 aliphatic heterocycles. The molecule has 0 fully saturated rings. The van der Waals surface area contributed by atoms with E-state index in [1.165, 1.54) is 11.1 Å². The van der Waals surface area contributed by atoms with Gasteiger partial charge < -0.3 is 10.1 Å². The smallest absolute Gasteiger partial charge is 0.122 e. The Morgan fingerprint density at radius 1 is 1.24 bits per heavy atom. The highest BCUT2D eigenvalue weighted by atomic mass is 32.2. The zero-order valence-electron chi connectivity index (χ0n) is 12.6. The quantitative estimate of drug-likeness (QED) is 0.593. The van der Waals surface area contributed by atoms with Gasteiger partial charge in [-0.15, -0.1) is 11.8 Å². The molecule has 0 saturated carbocycles. The van der Waals surface area contributed by atoms with Gasteiger partial charge in [-0.1, -0.05) is 19.1 Å². The number of hydrogen-bond acceptors (Lipinski definition) is 4. The van der Waals surface area contributed by atoms with E-state index in [0.717, 1.165) is 36.0 Å². The number of hydrogen-bond donors (Lipinski definition) is 1. The molecule has 0 aliphatic rings. The molecule has 0 bridgehead atoms. The molecule has 1 N–H and O–H groups in total. The van der Waals surface area contributed by atoms with Crippen molar-refractivity contribution in [2.75, 3.05) is 13.7 Å². The Bertz CT molecular complexity index is 546. The number of rotatable bonds is 8. The summed E-state index contributed by atoms with van der Waals surface area (Å²) < 4.78 is 5.46. The predicted molar refractivity (Wildman–Crippen MR) is 88.8 cm³/mol. The Labute approximate surface area is 131 Å². The molecule has 3 nitrogen and oxygen atoms in total. The Balaban J connectivity index is 2.03. The first-order chi connectivity index (χ1) is 10.3. The zero-order chi connectivity index (χ0) is 14.9. The normalized spacial score (nSPS) is 10.6. The van der Waals surface area contributed by atoms with E-state index in [9.17, 15) is 0 Å². The maximum atomic E-state index is 5.46. The predicted octanol–water partition coefficient (Wildman–Crippen LogP) is 3.88. The molecule has 0 amide bonds. The number of pyridine rings is 1. The lowest BCUT2D eigenvalue weighted by molar-refractivity contribution is 0.411. The SMILES string of the molecule is CCCNCc1ccc(OC)c(CSc2ccccn2)c1. The van der Waals surface area contributed by atoms with Gasteiger partial charge in [0.1, 0.15) is 5.75 Å². The van der Waals surface area contributed by atoms with Gasteiger partial charge in [0.05, 0.1) is 12.1 Å². The van der Waals surface area contributed by atoms with E-state index in [1.54, 1.807) is 18.9 Å². The number of nitrogens with one attached hydrogen (secondary N) is 1. The summed E-state index contributed by atoms with van der Waals surface area (Å²) in [7, 11) is 1.72. The lowest BCUT2D eigenvalue weighted by Crippen LogP contribution is -2.13. The second-order valence-corrected chi connectivity index (χ2v) is 5.78. The summed E-state index contributed by atoms with van der Waals surface area (Å²) in [6.07, 6.45) is 2.98. The molecule has 4 heteroatoms. The van der Waals surface area contributed by atoms with Crippen molar-refractivity contribution in [2.24, 2.45) is 0 Å². The summed E-state index contributed by atoms with van der Waals surface area (Å²) in [6.45, 7) is 4.12. The highest BCUT2D eigenvalue weighted by Crippen LogP contribution is 2.27. The molecule has 21 heavy (non-hydrogen) atoms. The molecule has 2 aromatic rings. The van der Waals surface area contributed by atoms with Crippen LogP contribution in [0.25, 0.3) is 0 Å². The number of ether oxygens (including phenoxy) is 1. The summed E-state index contributed by atoms with van der Waals surface area (Å²) in [5, 5.41) is 4.47. The van der Waals surface area contributed by atoms with Crippen molar-refractivity contribution in [3.8, 4) is 5.75 Å². The Hall–Kier alpha value is -1.52. The van der Waals surface area contributed by atoms with E-state index in [0.29, 0.717) is 0 Å². The molecule has 0 aliphatic carbocycles. The standard InChI is InChI=1S/C17H22N2OS/c1-3-9-18-12-14-7-8-16(20-2)15(11-14)13-21-17-6-4-5-10-19-17/h4-8,10-11,18H,3,9,12-13H2,1-2H3. The second-order valence-electron chi connectivity index (χ2n) is 4.78. The van der Waals surface area contributed by atoms with Crippen LogP contribution in [0.15, 0.2) is 47.6 Å². The fourth-order valence-corrected chi connectivity index (χ4v) is 2.89. The summed E-state index contributed by atoms with van der Waals surface area (Å²) >= 11 is 1.73. The summed E-state index contributed by atoms with van der Waals surface area (Å²) in [6, 6.07) is 12.4. The minimum absolute atomic E-state index is 0.863. The number of methoxy groups -OCH3 is 1. The van der Waals surface area contributed by atoms with Crippen LogP contribution in [0.2, 0.25) is 0 Å². The third-order valence-electron chi connectivity index (χ3n) is 3.11. The van der Waals surface area contributed by atoms with Gasteiger partial charge in [0.15, 0.2) is 0 Å². The van der Waals surface area contributed by atoms with Gasteiger partial charge in [-0.25, -0.2) is 4.98 Å². The van der Waals surface area contributed by atoms with Crippen LogP contribution in [0.3, 0.4) is 0 Å². The molecule has 2 rings (SSSR count). The van der Waals surface area contributed by atoms with E-state index in [-0.39, 0.29) is 0 Å². The maximum Gasteiger partial charge on any atom is 0.122 e. The van der Waals surface area contributed by atoms with Gasteiger partial charge in [-0.2, -0.15) is 0 Å². The summed E-state index contributed by atoms with van der Waals surface area (Å²) in [5.41, 5.74) is 2.50. The highest BCUT2D eigenvalue weighted by Gasteiger charge is 2.06. The molecule has 0 spiro atoms. The molecule has 0 saturated heterocycles. The topological polar surface area (TPSA) is 34.1 Å². The van der Waals surface area contributed by atoms with Crippen LogP contribution < -0.4 is 10.1 Å². The van der Waals surface area contributed by atoms with Crippen molar-refractivity contribution in [3.05, 3.63) is 53.7 Å². The van der Waals surface area contributed by atoms with Gasteiger partial charge in [0.25, 0.3) is 0 Å². The van der Waals surface area contributed by atoms with Crippen molar-refractivity contribution in [1.82, 2.24) is 10.3 Å². The van der Waals surface area contributed by atoms with Crippen molar-refractivity contribution in [1.29, 1.82) is 0 Å². The second kappa shape index (κ2) is 8.70. The largest absolute Gasteiger partial charge is 0.496 e. The Morgan fingerprint density at radius 3 is 2.86 bits per heavy atom. The van der Waals surface area contributed by atoms with Gasteiger partial charge >= 0.3 is 0 Å². The third kappa shape index (κ3) is 5.06. The fourth-order valence-electron chi connectivity index (χ4n) is 2.05. The van der Waals surface area contributed by atoms with Crippen molar-refractivity contribution >= 4 is 11.8 Å². The lowest BCUT2D eigenvalue weighted by atomic mass is 10.1. The monoisotopic (exact) mass is 302 g/mol. The number of aromatic nitrogens is 1. The van der Waals surface area contributed by atoms with Crippen LogP contribution in [0, 0.1) is 0 Å². The molecule has 112 valence electrons. The molecule has 1 aromatic heterocycles. The lowest BCUT2D eigenvalue weighted by Gasteiger charge is -2.11. The maximum absolute atomic E-state index is 5.46. The highest BCUT2D eigenvalue weighted by molar-refractivity contribution is 7.98. The first kappa shape index (κ1) is 15.9. The van der Waals surface area contributed by atoms with Crippen LogP contribution >= 0.6 is 11.8 Å². The van der Waals surface area contributed by atoms with E-state index >= 15 is 0 Å². The number of nitrogens with zero attached hydrogens (tertiary/aromatic N) is 1. The molecule has 1 aromatic carbocycles. The minimum atomic E-state index is 0.863. The Morgan fingerprint density at radius 2 is 2.14 bits per heavy atom. The van der Waals surface area contributed by atoms with Crippen LogP contribution in [0.1, 0.15) is 24.5 Å². The number of benzene rings is 1. The van der Waals surface area contributed by atoms with Crippen molar-refractivity contribution < 1.29 is 4.74 Å². The fraction of sp³-hybridized carbons (Fsp3) is 0.353. The molecule has 0 atom stereocenters. The first-order valence-corrected chi connectivity index (χ1v) is 8.22. The third-order valence-corrected chi connectivity index (χ3v) is 4.11. The van der Waals surface area contributed by atoms with Crippen LogP contribution in [-0.4, -0.2) is 18.6 Å². The molecular weight excluding hydrogens is 280 g/mol. The van der Waals surface area contributed by atoms with E-state index in [1.807, 2.05) is 24.4 Å². The van der Waals surface area contributed by atoms with Gasteiger partial charge in [0.2, 0.25) is 0 Å². The number of thioether (sulfide) groups is 1. The van der Waals surface area contributed by atoms with E-state index < -0.39 is 0 Å². The first-order valence-electron chi connectivity index (χ1n) is 7.24. The molecular formula is C17H22N2OS. The van der Waals surface area contributed by atoms with E-state index in [4.69, 9.17) is 4.74 Å². The zero-order valence-corrected chi connectivity index (χ0v) is 13.5. The van der Waals surface area contributed by atoms with Gasteiger partial charge in [-0.05, 0) is 42.8 Å². The van der Waals surface area contributed by atoms with Crippen LogP contribution in [-0.2, 0) is 12.3 Å².